The van der Waals surface area contributed by atoms with Gasteiger partial charge in [0, 0.05) is 12.2 Å². The second kappa shape index (κ2) is 6.15. The number of carbonyl (C=O) groups is 2. The fourth-order valence-electron chi connectivity index (χ4n) is 2.35. The number of H-pyrrole nitrogens is 2. The Balaban J connectivity index is 2.00. The normalized spacial score (nSPS) is 11.0. The molecule has 0 fully saturated rings. The van der Waals surface area contributed by atoms with Crippen molar-refractivity contribution >= 4 is 22.9 Å². The lowest BCUT2D eigenvalue weighted by Crippen LogP contribution is -2.30. The van der Waals surface area contributed by atoms with Crippen molar-refractivity contribution in [1.82, 2.24) is 25.5 Å². The molecule has 0 atom stereocenters. The summed E-state index contributed by atoms with van der Waals surface area (Å²) in [6.07, 6.45) is 1.53. The number of fused-ring (bicyclic) bond motifs is 1. The van der Waals surface area contributed by atoms with Crippen molar-refractivity contribution in [2.24, 2.45) is 0 Å². The summed E-state index contributed by atoms with van der Waals surface area (Å²) in [6.45, 7) is 3.76. The summed E-state index contributed by atoms with van der Waals surface area (Å²) in [5.74, 6) is -0.218. The van der Waals surface area contributed by atoms with Crippen LogP contribution in [0.2, 0.25) is 0 Å². The molecule has 3 N–H and O–H groups in total. The molecule has 124 valence electrons. The Labute approximate surface area is 137 Å². The molecule has 1 amide bonds. The van der Waals surface area contributed by atoms with E-state index in [1.807, 2.05) is 13.8 Å². The van der Waals surface area contributed by atoms with Crippen LogP contribution in [0.5, 0.6) is 0 Å². The van der Waals surface area contributed by atoms with E-state index in [0.717, 1.165) is 5.52 Å². The predicted octanol–water partition coefficient (Wildman–Crippen LogP) is 1.88. The molecule has 3 rings (SSSR count). The Hall–Kier alpha value is -3.16. The number of nitrogens with zero attached hydrogens (tertiary/aromatic N) is 2. The summed E-state index contributed by atoms with van der Waals surface area (Å²) in [6, 6.07) is 5.02. The Morgan fingerprint density at radius 2 is 2.08 bits per heavy atom. The fraction of sp³-hybridized carbons (Fsp3) is 0.250. The quantitative estimate of drug-likeness (QED) is 0.633. The van der Waals surface area contributed by atoms with Crippen molar-refractivity contribution in [3.05, 3.63) is 35.5 Å². The van der Waals surface area contributed by atoms with Gasteiger partial charge in [0.15, 0.2) is 5.82 Å². The number of amides is 1. The number of esters is 1. The van der Waals surface area contributed by atoms with Crippen LogP contribution < -0.4 is 5.32 Å². The number of aromatic nitrogens is 4. The number of imidazole rings is 1. The predicted molar refractivity (Wildman–Crippen MR) is 87.6 cm³/mol. The fourth-order valence-corrected chi connectivity index (χ4v) is 2.35. The van der Waals surface area contributed by atoms with Crippen LogP contribution in [0.3, 0.4) is 0 Å². The van der Waals surface area contributed by atoms with Crippen LogP contribution in [0.4, 0.5) is 0 Å². The molecular formula is C16H17N5O3. The molecule has 3 aromatic rings. The van der Waals surface area contributed by atoms with Crippen LogP contribution in [-0.4, -0.2) is 45.2 Å². The zero-order valence-corrected chi connectivity index (χ0v) is 13.5. The standard InChI is InChI=1S/C16H17N5O3/c1-8(2)18-15(22)10-7-17-21-13(10)14-19-11-5-4-9(16(23)24-3)6-12(11)20-14/h4-8H,1-3H3,(H,17,21)(H,18,22)(H,19,20). The highest BCUT2D eigenvalue weighted by Gasteiger charge is 2.19. The van der Waals surface area contributed by atoms with Crippen LogP contribution in [0.15, 0.2) is 24.4 Å². The second-order valence-electron chi connectivity index (χ2n) is 5.58. The first-order chi connectivity index (χ1) is 11.5. The van der Waals surface area contributed by atoms with Gasteiger partial charge >= 0.3 is 5.97 Å². The molecule has 0 spiro atoms. The van der Waals surface area contributed by atoms with Crippen molar-refractivity contribution < 1.29 is 14.3 Å². The molecule has 0 aliphatic rings. The van der Waals surface area contributed by atoms with Gasteiger partial charge in [0.1, 0.15) is 5.69 Å². The van der Waals surface area contributed by atoms with Gasteiger partial charge in [-0.3, -0.25) is 9.89 Å². The minimum Gasteiger partial charge on any atom is -0.465 e. The first-order valence-corrected chi connectivity index (χ1v) is 7.42. The van der Waals surface area contributed by atoms with Crippen molar-refractivity contribution in [1.29, 1.82) is 0 Å². The summed E-state index contributed by atoms with van der Waals surface area (Å²) in [5, 5.41) is 9.62. The van der Waals surface area contributed by atoms with E-state index >= 15 is 0 Å². The molecule has 1 aromatic carbocycles. The molecule has 8 heteroatoms. The molecule has 2 heterocycles. The minimum atomic E-state index is -0.432. The zero-order valence-electron chi connectivity index (χ0n) is 13.5. The molecule has 0 aliphatic carbocycles. The lowest BCUT2D eigenvalue weighted by molar-refractivity contribution is 0.0600. The summed E-state index contributed by atoms with van der Waals surface area (Å²) in [5.41, 5.74) is 2.55. The van der Waals surface area contributed by atoms with Crippen LogP contribution in [0, 0.1) is 0 Å². The Morgan fingerprint density at radius 1 is 1.29 bits per heavy atom. The SMILES string of the molecule is COC(=O)c1ccc2[nH]c(-c3n[nH]cc3C(=O)NC(C)C)nc2c1. The summed E-state index contributed by atoms with van der Waals surface area (Å²) >= 11 is 0. The monoisotopic (exact) mass is 327 g/mol. The number of rotatable bonds is 4. The van der Waals surface area contributed by atoms with Crippen LogP contribution in [0.25, 0.3) is 22.6 Å². The topological polar surface area (TPSA) is 113 Å². The Bertz CT molecular complexity index is 909. The van der Waals surface area contributed by atoms with Crippen molar-refractivity contribution in [3.8, 4) is 11.5 Å². The van der Waals surface area contributed by atoms with Gasteiger partial charge in [0.05, 0.1) is 29.3 Å². The maximum Gasteiger partial charge on any atom is 0.337 e. The molecule has 0 saturated heterocycles. The number of carbonyl (C=O) groups excluding carboxylic acids is 2. The molecule has 0 saturated carbocycles. The van der Waals surface area contributed by atoms with Crippen LogP contribution in [-0.2, 0) is 4.74 Å². The lowest BCUT2D eigenvalue weighted by atomic mass is 10.2. The first-order valence-electron chi connectivity index (χ1n) is 7.42. The van der Waals surface area contributed by atoms with Gasteiger partial charge < -0.3 is 15.0 Å². The third kappa shape index (κ3) is 2.85. The van der Waals surface area contributed by atoms with E-state index in [1.165, 1.54) is 13.3 Å². The highest BCUT2D eigenvalue weighted by molar-refractivity contribution is 6.00. The van der Waals surface area contributed by atoms with E-state index < -0.39 is 5.97 Å². The number of hydrogen-bond donors (Lipinski definition) is 3. The summed E-state index contributed by atoms with van der Waals surface area (Å²) < 4.78 is 4.70. The zero-order chi connectivity index (χ0) is 17.3. The number of methoxy groups -OCH3 is 1. The number of aromatic amines is 2. The highest BCUT2D eigenvalue weighted by atomic mass is 16.5. The molecule has 0 bridgehead atoms. The van der Waals surface area contributed by atoms with Gasteiger partial charge in [-0.15, -0.1) is 0 Å². The van der Waals surface area contributed by atoms with Gasteiger partial charge in [0.25, 0.3) is 5.91 Å². The number of hydrogen-bond acceptors (Lipinski definition) is 5. The van der Waals surface area contributed by atoms with Crippen LogP contribution in [0.1, 0.15) is 34.6 Å². The number of benzene rings is 1. The molecule has 2 aromatic heterocycles. The van der Waals surface area contributed by atoms with Gasteiger partial charge in [-0.05, 0) is 32.0 Å². The minimum absolute atomic E-state index is 0.0125. The third-order valence-corrected chi connectivity index (χ3v) is 3.43. The highest BCUT2D eigenvalue weighted by Crippen LogP contribution is 2.23. The van der Waals surface area contributed by atoms with E-state index in [-0.39, 0.29) is 11.9 Å². The van der Waals surface area contributed by atoms with E-state index in [1.54, 1.807) is 18.2 Å². The van der Waals surface area contributed by atoms with Gasteiger partial charge in [0.2, 0.25) is 0 Å². The van der Waals surface area contributed by atoms with Crippen LogP contribution >= 0.6 is 0 Å². The molecule has 0 aliphatic heterocycles. The van der Waals surface area contributed by atoms with Gasteiger partial charge in [-0.2, -0.15) is 5.10 Å². The van der Waals surface area contributed by atoms with E-state index in [2.05, 4.69) is 25.5 Å². The molecule has 8 nitrogen and oxygen atoms in total. The van der Waals surface area contributed by atoms with Gasteiger partial charge in [-0.1, -0.05) is 0 Å². The number of nitrogens with one attached hydrogen (secondary N) is 3. The van der Waals surface area contributed by atoms with Crippen molar-refractivity contribution in [3.63, 3.8) is 0 Å². The molecule has 24 heavy (non-hydrogen) atoms. The first kappa shape index (κ1) is 15.7. The molecule has 0 radical (unpaired) electrons. The average molecular weight is 327 g/mol. The van der Waals surface area contributed by atoms with E-state index in [9.17, 15) is 9.59 Å². The third-order valence-electron chi connectivity index (χ3n) is 3.43. The van der Waals surface area contributed by atoms with Gasteiger partial charge in [-0.25, -0.2) is 9.78 Å². The number of ether oxygens (including phenoxy) is 1. The van der Waals surface area contributed by atoms with E-state index in [0.29, 0.717) is 28.2 Å². The molecular weight excluding hydrogens is 310 g/mol. The van der Waals surface area contributed by atoms with E-state index in [4.69, 9.17) is 4.74 Å². The summed E-state index contributed by atoms with van der Waals surface area (Å²) in [4.78, 5) is 31.4. The van der Waals surface area contributed by atoms with Crippen molar-refractivity contribution in [2.45, 2.75) is 19.9 Å². The maximum absolute atomic E-state index is 12.2. The smallest absolute Gasteiger partial charge is 0.337 e. The largest absolute Gasteiger partial charge is 0.465 e. The summed E-state index contributed by atoms with van der Waals surface area (Å²) in [7, 11) is 1.33. The maximum atomic E-state index is 12.2. The molecule has 0 unspecified atom stereocenters. The Kier molecular flexibility index (Phi) is 4.03. The van der Waals surface area contributed by atoms with Crippen molar-refractivity contribution in [2.75, 3.05) is 7.11 Å². The second-order valence-corrected chi connectivity index (χ2v) is 5.58. The average Bonchev–Trinajstić information content (AvgIpc) is 3.18. The lowest BCUT2D eigenvalue weighted by Gasteiger charge is -2.07. The Morgan fingerprint density at radius 3 is 2.79 bits per heavy atom.